The summed E-state index contributed by atoms with van der Waals surface area (Å²) in [6.07, 6.45) is 0.677. The summed E-state index contributed by atoms with van der Waals surface area (Å²) in [6, 6.07) is 3.58. The number of hydrogen-bond donors (Lipinski definition) is 2. The highest BCUT2D eigenvalue weighted by Gasteiger charge is 2.07. The Hall–Kier alpha value is -1.42. The van der Waals surface area contributed by atoms with Gasteiger partial charge in [-0.1, -0.05) is 11.6 Å². The number of rotatable bonds is 4. The molecule has 0 saturated carbocycles. The van der Waals surface area contributed by atoms with Gasteiger partial charge >= 0.3 is 6.03 Å². The maximum Gasteiger partial charge on any atom is 0.314 e. The van der Waals surface area contributed by atoms with Crippen LogP contribution in [0.2, 0.25) is 5.02 Å². The number of methoxy groups -OCH3 is 1. The van der Waals surface area contributed by atoms with Crippen LogP contribution in [-0.4, -0.2) is 26.7 Å². The molecular formula is C12H17ClN2O2. The second-order valence-corrected chi connectivity index (χ2v) is 4.08. The van der Waals surface area contributed by atoms with E-state index in [0.717, 1.165) is 16.9 Å². The van der Waals surface area contributed by atoms with E-state index in [1.165, 1.54) is 0 Å². The maximum atomic E-state index is 11.0. The van der Waals surface area contributed by atoms with Crippen LogP contribution in [0.25, 0.3) is 0 Å². The predicted octanol–water partition coefficient (Wildman–Crippen LogP) is 2.13. The molecule has 0 aliphatic heterocycles. The monoisotopic (exact) mass is 256 g/mol. The molecule has 0 aliphatic carbocycles. The van der Waals surface area contributed by atoms with Gasteiger partial charge < -0.3 is 15.4 Å². The maximum absolute atomic E-state index is 11.0. The molecule has 4 nitrogen and oxygen atoms in total. The van der Waals surface area contributed by atoms with Gasteiger partial charge in [0.1, 0.15) is 5.75 Å². The molecule has 0 aromatic heterocycles. The van der Waals surface area contributed by atoms with Crippen molar-refractivity contribution in [1.29, 1.82) is 0 Å². The Kier molecular flexibility index (Phi) is 5.10. The molecule has 0 atom stereocenters. The van der Waals surface area contributed by atoms with Gasteiger partial charge in [-0.05, 0) is 36.6 Å². The lowest BCUT2D eigenvalue weighted by atomic mass is 10.1. The summed E-state index contributed by atoms with van der Waals surface area (Å²) >= 11 is 6.06. The second-order valence-electron chi connectivity index (χ2n) is 3.67. The van der Waals surface area contributed by atoms with Gasteiger partial charge in [0.05, 0.1) is 7.11 Å². The molecule has 94 valence electrons. The highest BCUT2D eigenvalue weighted by molar-refractivity contribution is 6.31. The normalized spacial score (nSPS) is 9.88. The number of hydrogen-bond acceptors (Lipinski definition) is 2. The average molecular weight is 257 g/mol. The summed E-state index contributed by atoms with van der Waals surface area (Å²) in [5.41, 5.74) is 1.96. The van der Waals surface area contributed by atoms with Crippen LogP contribution in [0.5, 0.6) is 5.75 Å². The summed E-state index contributed by atoms with van der Waals surface area (Å²) in [4.78, 5) is 11.0. The largest absolute Gasteiger partial charge is 0.496 e. The van der Waals surface area contributed by atoms with Crippen molar-refractivity contribution >= 4 is 17.6 Å². The minimum Gasteiger partial charge on any atom is -0.496 e. The summed E-state index contributed by atoms with van der Waals surface area (Å²) in [7, 11) is 3.21. The third-order valence-corrected chi connectivity index (χ3v) is 2.88. The molecule has 0 unspecified atom stereocenters. The molecular weight excluding hydrogens is 240 g/mol. The van der Waals surface area contributed by atoms with E-state index in [1.54, 1.807) is 14.2 Å². The van der Waals surface area contributed by atoms with Gasteiger partial charge in [0, 0.05) is 18.6 Å². The van der Waals surface area contributed by atoms with Crippen LogP contribution in [0.3, 0.4) is 0 Å². The summed E-state index contributed by atoms with van der Waals surface area (Å²) in [5.74, 6) is 0.797. The molecule has 1 aromatic rings. The number of amides is 2. The number of nitrogens with one attached hydrogen (secondary N) is 2. The molecule has 5 heteroatoms. The summed E-state index contributed by atoms with van der Waals surface area (Å²) in [6.45, 7) is 2.47. The molecule has 0 heterocycles. The van der Waals surface area contributed by atoms with Crippen molar-refractivity contribution in [2.75, 3.05) is 20.7 Å². The van der Waals surface area contributed by atoms with Gasteiger partial charge in [0.15, 0.2) is 0 Å². The topological polar surface area (TPSA) is 50.4 Å². The van der Waals surface area contributed by atoms with Gasteiger partial charge in [-0.3, -0.25) is 0 Å². The van der Waals surface area contributed by atoms with E-state index < -0.39 is 0 Å². The minimum atomic E-state index is -0.192. The highest BCUT2D eigenvalue weighted by Crippen LogP contribution is 2.26. The van der Waals surface area contributed by atoms with E-state index in [9.17, 15) is 4.79 Å². The van der Waals surface area contributed by atoms with Gasteiger partial charge in [0.25, 0.3) is 0 Å². The average Bonchev–Trinajstić information content (AvgIpc) is 2.32. The molecule has 17 heavy (non-hydrogen) atoms. The fourth-order valence-electron chi connectivity index (χ4n) is 1.48. The first-order valence-electron chi connectivity index (χ1n) is 5.37. The Morgan fingerprint density at radius 3 is 2.76 bits per heavy atom. The number of halogens is 1. The quantitative estimate of drug-likeness (QED) is 0.867. The molecule has 0 aliphatic rings. The first-order chi connectivity index (χ1) is 8.08. The van der Waals surface area contributed by atoms with Gasteiger partial charge in [0.2, 0.25) is 0 Å². The fraction of sp³-hybridized carbons (Fsp3) is 0.417. The lowest BCUT2D eigenvalue weighted by Crippen LogP contribution is -2.34. The van der Waals surface area contributed by atoms with Crippen molar-refractivity contribution in [3.8, 4) is 5.75 Å². The lowest BCUT2D eigenvalue weighted by molar-refractivity contribution is 0.243. The predicted molar refractivity (Wildman–Crippen MR) is 68.9 cm³/mol. The van der Waals surface area contributed by atoms with Crippen LogP contribution in [0.15, 0.2) is 12.1 Å². The molecule has 2 N–H and O–H groups in total. The smallest absolute Gasteiger partial charge is 0.314 e. The molecule has 1 aromatic carbocycles. The van der Waals surface area contributed by atoms with Crippen LogP contribution < -0.4 is 15.4 Å². The zero-order valence-corrected chi connectivity index (χ0v) is 11.0. The Balaban J connectivity index is 2.69. The minimum absolute atomic E-state index is 0.192. The van der Waals surface area contributed by atoms with Crippen molar-refractivity contribution in [3.63, 3.8) is 0 Å². The summed E-state index contributed by atoms with van der Waals surface area (Å²) < 4.78 is 5.28. The van der Waals surface area contributed by atoms with E-state index in [2.05, 4.69) is 10.6 Å². The van der Waals surface area contributed by atoms with Gasteiger partial charge in [-0.2, -0.15) is 0 Å². The number of ether oxygens (including phenoxy) is 1. The second kappa shape index (κ2) is 6.35. The zero-order chi connectivity index (χ0) is 12.8. The summed E-state index contributed by atoms with van der Waals surface area (Å²) in [5, 5.41) is 5.92. The Morgan fingerprint density at radius 1 is 1.47 bits per heavy atom. The van der Waals surface area contributed by atoms with Crippen LogP contribution >= 0.6 is 11.6 Å². The Bertz CT molecular complexity index is 408. The van der Waals surface area contributed by atoms with Crippen molar-refractivity contribution in [2.24, 2.45) is 0 Å². The lowest BCUT2D eigenvalue weighted by Gasteiger charge is -2.11. The van der Waals surface area contributed by atoms with Crippen LogP contribution in [0, 0.1) is 6.92 Å². The number of urea groups is 1. The van der Waals surface area contributed by atoms with Gasteiger partial charge in [-0.25, -0.2) is 4.79 Å². The molecule has 0 saturated heterocycles. The SMILES string of the molecule is CNC(=O)NCCc1cc(Cl)c(C)cc1OC. The Labute approximate surface area is 106 Å². The molecule has 0 fully saturated rings. The van der Waals surface area contributed by atoms with E-state index in [4.69, 9.17) is 16.3 Å². The van der Waals surface area contributed by atoms with Crippen molar-refractivity contribution in [2.45, 2.75) is 13.3 Å². The molecule has 1 rings (SSSR count). The molecule has 2 amide bonds. The van der Waals surface area contributed by atoms with Crippen LogP contribution in [-0.2, 0) is 6.42 Å². The molecule has 0 radical (unpaired) electrons. The van der Waals surface area contributed by atoms with Gasteiger partial charge in [-0.15, -0.1) is 0 Å². The first-order valence-corrected chi connectivity index (χ1v) is 5.75. The number of carbonyl (C=O) groups is 1. The fourth-order valence-corrected chi connectivity index (χ4v) is 1.67. The molecule has 0 bridgehead atoms. The zero-order valence-electron chi connectivity index (χ0n) is 10.3. The van der Waals surface area contributed by atoms with Crippen molar-refractivity contribution < 1.29 is 9.53 Å². The third kappa shape index (κ3) is 3.82. The highest BCUT2D eigenvalue weighted by atomic mass is 35.5. The number of aryl methyl sites for hydroxylation is 1. The third-order valence-electron chi connectivity index (χ3n) is 2.47. The number of carbonyl (C=O) groups excluding carboxylic acids is 1. The molecule has 0 spiro atoms. The van der Waals surface area contributed by atoms with Crippen LogP contribution in [0.4, 0.5) is 4.79 Å². The standard InChI is InChI=1S/C12H17ClN2O2/c1-8-6-11(17-3)9(7-10(8)13)4-5-15-12(16)14-2/h6-7H,4-5H2,1-3H3,(H2,14,15,16). The first kappa shape index (κ1) is 13.6. The number of benzene rings is 1. The van der Waals surface area contributed by atoms with E-state index >= 15 is 0 Å². The van der Waals surface area contributed by atoms with E-state index in [0.29, 0.717) is 18.0 Å². The van der Waals surface area contributed by atoms with E-state index in [1.807, 2.05) is 19.1 Å². The Morgan fingerprint density at radius 2 is 2.18 bits per heavy atom. The van der Waals surface area contributed by atoms with Crippen molar-refractivity contribution in [3.05, 3.63) is 28.3 Å². The van der Waals surface area contributed by atoms with Crippen LogP contribution in [0.1, 0.15) is 11.1 Å². The van der Waals surface area contributed by atoms with E-state index in [-0.39, 0.29) is 6.03 Å². The van der Waals surface area contributed by atoms with Crippen molar-refractivity contribution in [1.82, 2.24) is 10.6 Å².